The maximum Gasteiger partial charge on any atom is 0.471 e. The Hall–Kier alpha value is -2.12. The molecule has 0 radical (unpaired) electrons. The van der Waals surface area contributed by atoms with E-state index in [4.69, 9.17) is 5.11 Å². The van der Waals surface area contributed by atoms with Gasteiger partial charge in [-0.3, -0.25) is 4.79 Å². The summed E-state index contributed by atoms with van der Waals surface area (Å²) in [6.45, 7) is 0. The number of nitrogens with one attached hydrogen (secondary N) is 1. The molecule has 0 aromatic heterocycles. The molecule has 2 N–H and O–H groups in total. The van der Waals surface area contributed by atoms with Crippen LogP contribution in [0.4, 0.5) is 23.2 Å². The molecule has 0 heterocycles. The van der Waals surface area contributed by atoms with Gasteiger partial charge in [0.25, 0.3) is 0 Å². The molecule has 0 bridgehead atoms. The number of hydrogen-bond acceptors (Lipinski definition) is 2. The van der Waals surface area contributed by atoms with E-state index >= 15 is 0 Å². The molecule has 0 aliphatic rings. The fourth-order valence-electron chi connectivity index (χ4n) is 0.969. The highest BCUT2D eigenvalue weighted by atomic mass is 19.4. The average molecular weight is 251 g/mol. The Balaban J connectivity index is 2.98. The number of benzene rings is 1. The van der Waals surface area contributed by atoms with Crippen LogP contribution in [0.15, 0.2) is 18.2 Å². The van der Waals surface area contributed by atoms with E-state index < -0.39 is 35.1 Å². The Morgan fingerprint density at radius 2 is 1.82 bits per heavy atom. The number of carbonyl (C=O) groups excluding carboxylic acids is 1. The van der Waals surface area contributed by atoms with Crippen molar-refractivity contribution in [3.63, 3.8) is 0 Å². The zero-order valence-corrected chi connectivity index (χ0v) is 8.01. The molecule has 0 saturated heterocycles. The van der Waals surface area contributed by atoms with Gasteiger partial charge in [-0.05, 0) is 18.2 Å². The topological polar surface area (TPSA) is 66.4 Å². The Labute approximate surface area is 91.9 Å². The summed E-state index contributed by atoms with van der Waals surface area (Å²) in [5.74, 6) is -5.02. The molecular weight excluding hydrogens is 246 g/mol. The van der Waals surface area contributed by atoms with Gasteiger partial charge in [-0.1, -0.05) is 0 Å². The molecule has 1 rings (SSSR count). The highest BCUT2D eigenvalue weighted by Crippen LogP contribution is 2.20. The third-order valence-electron chi connectivity index (χ3n) is 1.71. The van der Waals surface area contributed by atoms with Crippen LogP contribution in [-0.4, -0.2) is 23.2 Å². The molecule has 0 aliphatic carbocycles. The van der Waals surface area contributed by atoms with E-state index in [-0.39, 0.29) is 0 Å². The second-order valence-electron chi connectivity index (χ2n) is 2.95. The van der Waals surface area contributed by atoms with Gasteiger partial charge in [-0.25, -0.2) is 9.18 Å². The summed E-state index contributed by atoms with van der Waals surface area (Å²) in [6, 6.07) is 2.07. The highest BCUT2D eigenvalue weighted by molar-refractivity contribution is 5.96. The Morgan fingerprint density at radius 1 is 1.24 bits per heavy atom. The van der Waals surface area contributed by atoms with E-state index in [1.807, 2.05) is 0 Å². The molecular formula is C9H5F4NO3. The van der Waals surface area contributed by atoms with Crippen LogP contribution in [0, 0.1) is 5.82 Å². The van der Waals surface area contributed by atoms with Crippen LogP contribution in [0.3, 0.4) is 0 Å². The predicted molar refractivity (Wildman–Crippen MR) is 48.0 cm³/mol. The second-order valence-corrected chi connectivity index (χ2v) is 2.95. The Morgan fingerprint density at radius 3 is 2.29 bits per heavy atom. The molecule has 4 nitrogen and oxygen atoms in total. The minimum absolute atomic E-state index is 0.453. The van der Waals surface area contributed by atoms with Gasteiger partial charge in [0.2, 0.25) is 0 Å². The van der Waals surface area contributed by atoms with E-state index in [0.29, 0.717) is 12.1 Å². The third-order valence-corrected chi connectivity index (χ3v) is 1.71. The first-order chi connectivity index (χ1) is 7.71. The van der Waals surface area contributed by atoms with E-state index in [2.05, 4.69) is 0 Å². The number of anilines is 1. The minimum Gasteiger partial charge on any atom is -0.478 e. The predicted octanol–water partition coefficient (Wildman–Crippen LogP) is 2.02. The van der Waals surface area contributed by atoms with Gasteiger partial charge in [0.15, 0.2) is 0 Å². The fourth-order valence-corrected chi connectivity index (χ4v) is 0.969. The lowest BCUT2D eigenvalue weighted by atomic mass is 10.2. The van der Waals surface area contributed by atoms with Crippen LogP contribution in [0.1, 0.15) is 10.4 Å². The van der Waals surface area contributed by atoms with Gasteiger partial charge in [0.05, 0.1) is 5.56 Å². The smallest absolute Gasteiger partial charge is 0.471 e. The average Bonchev–Trinajstić information content (AvgIpc) is 2.19. The largest absolute Gasteiger partial charge is 0.478 e. The number of halogens is 4. The van der Waals surface area contributed by atoms with Crippen LogP contribution in [0.25, 0.3) is 0 Å². The molecule has 8 heteroatoms. The number of carboxylic acids is 1. The van der Waals surface area contributed by atoms with Crippen molar-refractivity contribution in [2.75, 3.05) is 5.32 Å². The molecule has 0 spiro atoms. The SMILES string of the molecule is O=C(O)c1cc(NC(=O)C(F)(F)F)ccc1F. The molecule has 1 aromatic carbocycles. The summed E-state index contributed by atoms with van der Waals surface area (Å²) >= 11 is 0. The molecule has 0 fully saturated rings. The van der Waals surface area contributed by atoms with Gasteiger partial charge in [-0.15, -0.1) is 0 Å². The zero-order chi connectivity index (χ0) is 13.2. The zero-order valence-electron chi connectivity index (χ0n) is 8.01. The summed E-state index contributed by atoms with van der Waals surface area (Å²) in [4.78, 5) is 21.0. The van der Waals surface area contributed by atoms with Crippen molar-refractivity contribution in [3.05, 3.63) is 29.6 Å². The highest BCUT2D eigenvalue weighted by Gasteiger charge is 2.38. The van der Waals surface area contributed by atoms with Crippen molar-refractivity contribution in [2.45, 2.75) is 6.18 Å². The summed E-state index contributed by atoms with van der Waals surface area (Å²) in [5, 5.41) is 9.92. The molecule has 0 unspecified atom stereocenters. The second kappa shape index (κ2) is 4.40. The van der Waals surface area contributed by atoms with E-state index in [0.717, 1.165) is 6.07 Å². The van der Waals surface area contributed by atoms with Gasteiger partial charge in [0.1, 0.15) is 5.82 Å². The molecule has 1 aromatic rings. The van der Waals surface area contributed by atoms with Crippen molar-refractivity contribution in [2.24, 2.45) is 0 Å². The fraction of sp³-hybridized carbons (Fsp3) is 0.111. The maximum absolute atomic E-state index is 12.9. The van der Waals surface area contributed by atoms with Gasteiger partial charge >= 0.3 is 18.1 Å². The first-order valence-corrected chi connectivity index (χ1v) is 4.13. The van der Waals surface area contributed by atoms with E-state index in [1.165, 1.54) is 5.32 Å². The molecule has 92 valence electrons. The van der Waals surface area contributed by atoms with Crippen LogP contribution >= 0.6 is 0 Å². The van der Waals surface area contributed by atoms with E-state index in [9.17, 15) is 27.2 Å². The number of carboxylic acid groups (broad SMARTS) is 1. The number of carbonyl (C=O) groups is 2. The first-order valence-electron chi connectivity index (χ1n) is 4.13. The van der Waals surface area contributed by atoms with Crippen molar-refractivity contribution < 1.29 is 32.3 Å². The van der Waals surface area contributed by atoms with Crippen molar-refractivity contribution in [1.82, 2.24) is 0 Å². The van der Waals surface area contributed by atoms with Crippen LogP contribution < -0.4 is 5.32 Å². The van der Waals surface area contributed by atoms with Crippen molar-refractivity contribution in [3.8, 4) is 0 Å². The number of rotatable bonds is 2. The lowest BCUT2D eigenvalue weighted by Crippen LogP contribution is -2.30. The van der Waals surface area contributed by atoms with Crippen molar-refractivity contribution >= 4 is 17.6 Å². The van der Waals surface area contributed by atoms with Crippen LogP contribution in [-0.2, 0) is 4.79 Å². The van der Waals surface area contributed by atoms with E-state index in [1.54, 1.807) is 0 Å². The number of alkyl halides is 3. The normalized spacial score (nSPS) is 11.1. The Bertz CT molecular complexity index is 470. The summed E-state index contributed by atoms with van der Waals surface area (Å²) in [5.41, 5.74) is -1.28. The summed E-state index contributed by atoms with van der Waals surface area (Å²) in [7, 11) is 0. The summed E-state index contributed by atoms with van der Waals surface area (Å²) < 4.78 is 48.5. The molecule has 17 heavy (non-hydrogen) atoms. The monoisotopic (exact) mass is 251 g/mol. The Kier molecular flexibility index (Phi) is 3.35. The first kappa shape index (κ1) is 12.9. The lowest BCUT2D eigenvalue weighted by molar-refractivity contribution is -0.167. The lowest BCUT2D eigenvalue weighted by Gasteiger charge is -2.08. The number of aromatic carboxylic acids is 1. The number of amides is 1. The molecule has 0 saturated carbocycles. The van der Waals surface area contributed by atoms with Gasteiger partial charge < -0.3 is 10.4 Å². The quantitative estimate of drug-likeness (QED) is 0.790. The third kappa shape index (κ3) is 3.16. The number of hydrogen-bond donors (Lipinski definition) is 2. The molecule has 1 amide bonds. The molecule has 0 aliphatic heterocycles. The van der Waals surface area contributed by atoms with Crippen LogP contribution in [0.5, 0.6) is 0 Å². The maximum atomic E-state index is 12.9. The molecule has 0 atom stereocenters. The van der Waals surface area contributed by atoms with Gasteiger partial charge in [0, 0.05) is 5.69 Å². The van der Waals surface area contributed by atoms with Gasteiger partial charge in [-0.2, -0.15) is 13.2 Å². The minimum atomic E-state index is -5.10. The van der Waals surface area contributed by atoms with Crippen molar-refractivity contribution in [1.29, 1.82) is 0 Å². The van der Waals surface area contributed by atoms with Crippen LogP contribution in [0.2, 0.25) is 0 Å². The summed E-state index contributed by atoms with van der Waals surface area (Å²) in [6.07, 6.45) is -5.10. The standard InChI is InChI=1S/C9H5F4NO3/c10-6-2-1-4(3-5(6)7(15)16)14-8(17)9(11,12)13/h1-3H,(H,14,17)(H,15,16).